The summed E-state index contributed by atoms with van der Waals surface area (Å²) in [5.74, 6) is 0.874. The fourth-order valence-electron chi connectivity index (χ4n) is 2.34. The fraction of sp³-hybridized carbons (Fsp3) is 0.538. The van der Waals surface area contributed by atoms with Gasteiger partial charge >= 0.3 is 0 Å². The number of rotatable bonds is 4. The summed E-state index contributed by atoms with van der Waals surface area (Å²) in [6.07, 6.45) is 0. The third kappa shape index (κ3) is 3.68. The average Bonchev–Trinajstić information content (AvgIpc) is 2.46. The highest BCUT2D eigenvalue weighted by atomic mass is 79.9. The zero-order valence-corrected chi connectivity index (χ0v) is 15.8. The van der Waals surface area contributed by atoms with Crippen molar-refractivity contribution in [1.29, 1.82) is 0 Å². The molecule has 1 aromatic carbocycles. The molecule has 1 aromatic rings. The summed E-state index contributed by atoms with van der Waals surface area (Å²) >= 11 is 3.32. The van der Waals surface area contributed by atoms with Gasteiger partial charge in [0.05, 0.1) is 14.2 Å². The summed E-state index contributed by atoms with van der Waals surface area (Å²) in [5, 5.41) is 3.18. The average molecular weight is 416 g/mol. The van der Waals surface area contributed by atoms with Gasteiger partial charge < -0.3 is 14.8 Å². The van der Waals surface area contributed by atoms with E-state index in [9.17, 15) is 8.42 Å². The van der Waals surface area contributed by atoms with Gasteiger partial charge in [0.2, 0.25) is 10.0 Å². The van der Waals surface area contributed by atoms with Crippen molar-refractivity contribution in [3.8, 4) is 11.5 Å². The van der Waals surface area contributed by atoms with Gasteiger partial charge in [-0.2, -0.15) is 4.31 Å². The van der Waals surface area contributed by atoms with E-state index in [4.69, 9.17) is 9.47 Å². The number of sulfonamides is 1. The minimum Gasteiger partial charge on any atom is -0.493 e. The molecule has 1 heterocycles. The van der Waals surface area contributed by atoms with E-state index in [1.807, 2.05) is 6.92 Å². The molecule has 0 amide bonds. The van der Waals surface area contributed by atoms with Crippen LogP contribution in [-0.4, -0.2) is 52.6 Å². The first kappa shape index (κ1) is 19.5. The Balaban J connectivity index is 0.00000242. The van der Waals surface area contributed by atoms with Crippen LogP contribution in [0.4, 0.5) is 0 Å². The van der Waals surface area contributed by atoms with E-state index in [0.717, 1.165) is 0 Å². The molecule has 9 heteroatoms. The number of nitrogens with one attached hydrogen (secondary N) is 1. The Bertz CT molecular complexity index is 627. The van der Waals surface area contributed by atoms with E-state index in [-0.39, 0.29) is 23.3 Å². The monoisotopic (exact) mass is 414 g/mol. The number of hydrogen-bond acceptors (Lipinski definition) is 5. The van der Waals surface area contributed by atoms with Crippen LogP contribution in [0.5, 0.6) is 11.5 Å². The van der Waals surface area contributed by atoms with Crippen molar-refractivity contribution in [2.75, 3.05) is 33.9 Å². The van der Waals surface area contributed by atoms with Crippen molar-refractivity contribution in [3.05, 3.63) is 16.6 Å². The Morgan fingerprint density at radius 3 is 2.41 bits per heavy atom. The molecule has 1 atom stereocenters. The molecule has 126 valence electrons. The van der Waals surface area contributed by atoms with Crippen LogP contribution in [0.25, 0.3) is 0 Å². The lowest BCUT2D eigenvalue weighted by Gasteiger charge is -2.33. The second-order valence-corrected chi connectivity index (χ2v) is 7.52. The minimum absolute atomic E-state index is 0. The first-order valence-corrected chi connectivity index (χ1v) is 8.79. The Morgan fingerprint density at radius 2 is 1.86 bits per heavy atom. The molecule has 1 unspecified atom stereocenters. The van der Waals surface area contributed by atoms with Gasteiger partial charge in [0.1, 0.15) is 4.90 Å². The maximum Gasteiger partial charge on any atom is 0.244 e. The van der Waals surface area contributed by atoms with Gasteiger partial charge in [-0.1, -0.05) is 0 Å². The van der Waals surface area contributed by atoms with Gasteiger partial charge in [0, 0.05) is 36.2 Å². The molecule has 0 aliphatic carbocycles. The molecule has 1 saturated heterocycles. The molecule has 0 bridgehead atoms. The van der Waals surface area contributed by atoms with Crippen LogP contribution in [-0.2, 0) is 10.0 Å². The van der Waals surface area contributed by atoms with Crippen LogP contribution in [0.1, 0.15) is 6.92 Å². The topological polar surface area (TPSA) is 67.9 Å². The number of halogens is 2. The van der Waals surface area contributed by atoms with Gasteiger partial charge in [-0.05, 0) is 28.9 Å². The van der Waals surface area contributed by atoms with Gasteiger partial charge in [-0.15, -0.1) is 12.4 Å². The number of benzene rings is 1. The molecule has 1 fully saturated rings. The fourth-order valence-corrected chi connectivity index (χ4v) is 4.97. The lowest BCUT2D eigenvalue weighted by Crippen LogP contribution is -2.52. The number of hydrogen-bond donors (Lipinski definition) is 1. The molecular formula is C13H20BrClN2O4S. The lowest BCUT2D eigenvalue weighted by atomic mass is 10.3. The van der Waals surface area contributed by atoms with Crippen molar-refractivity contribution in [2.45, 2.75) is 17.9 Å². The predicted octanol–water partition coefficient (Wildman–Crippen LogP) is 1.87. The smallest absolute Gasteiger partial charge is 0.244 e. The molecule has 1 aliphatic rings. The van der Waals surface area contributed by atoms with Crippen molar-refractivity contribution in [1.82, 2.24) is 9.62 Å². The van der Waals surface area contributed by atoms with Crippen molar-refractivity contribution in [3.63, 3.8) is 0 Å². The summed E-state index contributed by atoms with van der Waals surface area (Å²) in [5.41, 5.74) is 0. The van der Waals surface area contributed by atoms with Gasteiger partial charge in [0.25, 0.3) is 0 Å². The van der Waals surface area contributed by atoms with Crippen LogP contribution >= 0.6 is 28.3 Å². The Hall–Kier alpha value is -0.540. The van der Waals surface area contributed by atoms with E-state index >= 15 is 0 Å². The normalized spacial score (nSPS) is 19.4. The third-order valence-corrected chi connectivity index (χ3v) is 6.44. The van der Waals surface area contributed by atoms with Crippen LogP contribution in [0.2, 0.25) is 0 Å². The largest absolute Gasteiger partial charge is 0.493 e. The predicted molar refractivity (Wildman–Crippen MR) is 90.7 cm³/mol. The molecular weight excluding hydrogens is 396 g/mol. The molecule has 0 radical (unpaired) electrons. The highest BCUT2D eigenvalue weighted by molar-refractivity contribution is 9.10. The zero-order chi connectivity index (χ0) is 15.6. The third-order valence-electron chi connectivity index (χ3n) is 3.47. The summed E-state index contributed by atoms with van der Waals surface area (Å²) in [4.78, 5) is 0.189. The summed E-state index contributed by atoms with van der Waals surface area (Å²) in [7, 11) is -0.596. The quantitative estimate of drug-likeness (QED) is 0.813. The zero-order valence-electron chi connectivity index (χ0n) is 12.6. The number of piperazine rings is 1. The van der Waals surface area contributed by atoms with E-state index in [1.54, 1.807) is 6.07 Å². The SMILES string of the molecule is COc1cc(Br)c(S(=O)(=O)N2CCNCC2C)cc1OC.Cl. The molecule has 1 aliphatic heterocycles. The van der Waals surface area contributed by atoms with Crippen LogP contribution in [0.3, 0.4) is 0 Å². The first-order valence-electron chi connectivity index (χ1n) is 6.56. The molecule has 1 N–H and O–H groups in total. The van der Waals surface area contributed by atoms with Crippen LogP contribution in [0, 0.1) is 0 Å². The number of methoxy groups -OCH3 is 2. The Labute approximate surface area is 145 Å². The van der Waals surface area contributed by atoms with Crippen molar-refractivity contribution in [2.24, 2.45) is 0 Å². The Morgan fingerprint density at radius 1 is 1.27 bits per heavy atom. The van der Waals surface area contributed by atoms with Crippen molar-refractivity contribution >= 4 is 38.4 Å². The molecule has 2 rings (SSSR count). The second kappa shape index (κ2) is 7.83. The molecule has 0 spiro atoms. The van der Waals surface area contributed by atoms with Crippen LogP contribution in [0.15, 0.2) is 21.5 Å². The van der Waals surface area contributed by atoms with E-state index in [0.29, 0.717) is 35.6 Å². The highest BCUT2D eigenvalue weighted by Crippen LogP contribution is 2.37. The molecule has 22 heavy (non-hydrogen) atoms. The second-order valence-electron chi connectivity index (χ2n) is 4.81. The van der Waals surface area contributed by atoms with Crippen LogP contribution < -0.4 is 14.8 Å². The lowest BCUT2D eigenvalue weighted by molar-refractivity contribution is 0.283. The summed E-state index contributed by atoms with van der Waals surface area (Å²) in [6, 6.07) is 3.01. The van der Waals surface area contributed by atoms with Crippen molar-refractivity contribution < 1.29 is 17.9 Å². The van der Waals surface area contributed by atoms with Gasteiger partial charge in [-0.25, -0.2) is 8.42 Å². The van der Waals surface area contributed by atoms with Gasteiger partial charge in [0.15, 0.2) is 11.5 Å². The Kier molecular flexibility index (Phi) is 6.94. The first-order chi connectivity index (χ1) is 9.91. The molecule has 6 nitrogen and oxygen atoms in total. The molecule has 0 saturated carbocycles. The van der Waals surface area contributed by atoms with E-state index < -0.39 is 10.0 Å². The summed E-state index contributed by atoms with van der Waals surface area (Å²) in [6.45, 7) is 3.63. The summed E-state index contributed by atoms with van der Waals surface area (Å²) < 4.78 is 38.1. The minimum atomic E-state index is -3.59. The van der Waals surface area contributed by atoms with E-state index in [1.165, 1.54) is 24.6 Å². The van der Waals surface area contributed by atoms with E-state index in [2.05, 4.69) is 21.2 Å². The molecule has 0 aromatic heterocycles. The highest BCUT2D eigenvalue weighted by Gasteiger charge is 2.33. The maximum absolute atomic E-state index is 12.9. The van der Waals surface area contributed by atoms with Gasteiger partial charge in [-0.3, -0.25) is 0 Å². The maximum atomic E-state index is 12.9. The standard InChI is InChI=1S/C13H19BrN2O4S.ClH/c1-9-8-15-4-5-16(9)21(17,18)13-7-12(20-3)11(19-2)6-10(13)14;/h6-7,9,15H,4-5,8H2,1-3H3;1H. The number of nitrogens with zero attached hydrogens (tertiary/aromatic N) is 1. The number of ether oxygens (including phenoxy) is 2.